The maximum atomic E-state index is 13.1. The van der Waals surface area contributed by atoms with Gasteiger partial charge in [0.1, 0.15) is 18.4 Å². The number of likely N-dealkylation sites (tertiary alicyclic amines) is 2. The van der Waals surface area contributed by atoms with Gasteiger partial charge in [-0.25, -0.2) is 9.67 Å². The third-order valence-electron chi connectivity index (χ3n) is 7.76. The lowest BCUT2D eigenvalue weighted by molar-refractivity contribution is 0.0283. The van der Waals surface area contributed by atoms with Crippen LogP contribution in [0.15, 0.2) is 61.2 Å². The van der Waals surface area contributed by atoms with E-state index in [1.54, 1.807) is 11.0 Å². The minimum absolute atomic E-state index is 0.130. The van der Waals surface area contributed by atoms with E-state index in [0.717, 1.165) is 69.2 Å². The molecule has 7 nitrogen and oxygen atoms in total. The van der Waals surface area contributed by atoms with E-state index in [2.05, 4.69) is 53.1 Å². The fourth-order valence-electron chi connectivity index (χ4n) is 5.42. The van der Waals surface area contributed by atoms with Crippen LogP contribution in [0.2, 0.25) is 0 Å². The van der Waals surface area contributed by atoms with Crippen molar-refractivity contribution in [3.8, 4) is 11.4 Å². The standard InChI is InChI=1S/C29H37N5O2/c1-23(2)20-36-27-6-4-3-5-25(27)19-32-15-11-29(12-16-32)13-17-33(18-14-29)28(35)24-7-9-26(10-8-24)34-22-30-21-31-34/h3-10,21-23H,11-20H2,1-2H3. The van der Waals surface area contributed by atoms with Crippen LogP contribution in [0.4, 0.5) is 0 Å². The Balaban J connectivity index is 1.12. The molecule has 0 unspecified atom stereocenters. The number of hydrogen-bond acceptors (Lipinski definition) is 5. The van der Waals surface area contributed by atoms with Crippen LogP contribution in [0.5, 0.6) is 5.75 Å². The van der Waals surface area contributed by atoms with Crippen LogP contribution in [0, 0.1) is 11.3 Å². The molecular weight excluding hydrogens is 450 g/mol. The van der Waals surface area contributed by atoms with Crippen molar-refractivity contribution in [3.63, 3.8) is 0 Å². The smallest absolute Gasteiger partial charge is 0.253 e. The van der Waals surface area contributed by atoms with Gasteiger partial charge in [0.05, 0.1) is 12.3 Å². The third-order valence-corrected chi connectivity index (χ3v) is 7.76. The monoisotopic (exact) mass is 487 g/mol. The third kappa shape index (κ3) is 5.62. The number of hydrogen-bond donors (Lipinski definition) is 0. The number of para-hydroxylation sites is 1. The number of benzene rings is 2. The number of piperidine rings is 2. The summed E-state index contributed by atoms with van der Waals surface area (Å²) in [5.41, 5.74) is 3.30. The molecule has 2 aliphatic rings. The van der Waals surface area contributed by atoms with Crippen molar-refractivity contribution >= 4 is 5.91 Å². The lowest BCUT2D eigenvalue weighted by Gasteiger charge is -2.47. The Morgan fingerprint density at radius 2 is 1.67 bits per heavy atom. The van der Waals surface area contributed by atoms with Crippen molar-refractivity contribution < 1.29 is 9.53 Å². The van der Waals surface area contributed by atoms with Gasteiger partial charge in [0.25, 0.3) is 5.91 Å². The van der Waals surface area contributed by atoms with Crippen molar-refractivity contribution in [2.75, 3.05) is 32.8 Å². The molecule has 1 aromatic heterocycles. The Hall–Kier alpha value is -3.19. The molecule has 3 heterocycles. The maximum absolute atomic E-state index is 13.1. The number of rotatable bonds is 7. The predicted molar refractivity (Wildman–Crippen MR) is 140 cm³/mol. The minimum atomic E-state index is 0.130. The van der Waals surface area contributed by atoms with E-state index in [1.165, 1.54) is 24.7 Å². The predicted octanol–water partition coefficient (Wildman–Crippen LogP) is 4.82. The number of carbonyl (C=O) groups is 1. The quantitative estimate of drug-likeness (QED) is 0.478. The zero-order valence-electron chi connectivity index (χ0n) is 21.5. The highest BCUT2D eigenvalue weighted by Crippen LogP contribution is 2.42. The van der Waals surface area contributed by atoms with E-state index in [0.29, 0.717) is 11.3 Å². The molecule has 5 rings (SSSR count). The first kappa shape index (κ1) is 24.5. The summed E-state index contributed by atoms with van der Waals surface area (Å²) in [6.07, 6.45) is 7.77. The molecule has 36 heavy (non-hydrogen) atoms. The van der Waals surface area contributed by atoms with E-state index in [9.17, 15) is 4.79 Å². The first-order valence-electron chi connectivity index (χ1n) is 13.2. The summed E-state index contributed by atoms with van der Waals surface area (Å²) >= 11 is 0. The van der Waals surface area contributed by atoms with Crippen molar-refractivity contribution in [2.24, 2.45) is 11.3 Å². The average molecular weight is 488 g/mol. The Labute approximate surface area is 214 Å². The number of ether oxygens (including phenoxy) is 1. The van der Waals surface area contributed by atoms with Crippen molar-refractivity contribution in [3.05, 3.63) is 72.3 Å². The molecule has 0 N–H and O–H groups in total. The van der Waals surface area contributed by atoms with Gasteiger partial charge in [0.2, 0.25) is 0 Å². The highest BCUT2D eigenvalue weighted by molar-refractivity contribution is 5.94. The van der Waals surface area contributed by atoms with Gasteiger partial charge in [-0.3, -0.25) is 9.69 Å². The zero-order valence-corrected chi connectivity index (χ0v) is 21.5. The molecule has 2 aliphatic heterocycles. The molecule has 7 heteroatoms. The second-order valence-electron chi connectivity index (χ2n) is 10.8. The van der Waals surface area contributed by atoms with Crippen LogP contribution in [0.3, 0.4) is 0 Å². The first-order valence-corrected chi connectivity index (χ1v) is 13.2. The lowest BCUT2D eigenvalue weighted by atomic mass is 9.71. The van der Waals surface area contributed by atoms with Gasteiger partial charge in [-0.15, -0.1) is 0 Å². The highest BCUT2D eigenvalue weighted by Gasteiger charge is 2.38. The van der Waals surface area contributed by atoms with Crippen LogP contribution in [-0.2, 0) is 6.54 Å². The Morgan fingerprint density at radius 1 is 0.972 bits per heavy atom. The molecule has 0 radical (unpaired) electrons. The molecule has 1 amide bonds. The van der Waals surface area contributed by atoms with Crippen LogP contribution in [0.25, 0.3) is 5.69 Å². The van der Waals surface area contributed by atoms with Crippen LogP contribution in [-0.4, -0.2) is 63.3 Å². The average Bonchev–Trinajstić information content (AvgIpc) is 3.45. The van der Waals surface area contributed by atoms with Crippen LogP contribution in [0.1, 0.15) is 55.5 Å². The molecule has 1 spiro atoms. The first-order chi connectivity index (χ1) is 17.5. The van der Waals surface area contributed by atoms with Crippen molar-refractivity contribution in [1.29, 1.82) is 0 Å². The topological polar surface area (TPSA) is 63.5 Å². The fraction of sp³-hybridized carbons (Fsp3) is 0.483. The summed E-state index contributed by atoms with van der Waals surface area (Å²) < 4.78 is 7.77. The number of aromatic nitrogens is 3. The summed E-state index contributed by atoms with van der Waals surface area (Å²) in [5, 5.41) is 4.15. The van der Waals surface area contributed by atoms with Crippen molar-refractivity contribution in [1.82, 2.24) is 24.6 Å². The van der Waals surface area contributed by atoms with Gasteiger partial charge in [-0.1, -0.05) is 32.0 Å². The second kappa shape index (κ2) is 10.8. The highest BCUT2D eigenvalue weighted by atomic mass is 16.5. The van der Waals surface area contributed by atoms with Gasteiger partial charge in [0.15, 0.2) is 0 Å². The molecule has 2 saturated heterocycles. The molecule has 0 aliphatic carbocycles. The molecule has 0 bridgehead atoms. The summed E-state index contributed by atoms with van der Waals surface area (Å²) in [4.78, 5) is 21.7. The van der Waals surface area contributed by atoms with E-state index >= 15 is 0 Å². The summed E-state index contributed by atoms with van der Waals surface area (Å²) in [6, 6.07) is 16.1. The Kier molecular flexibility index (Phi) is 7.37. The summed E-state index contributed by atoms with van der Waals surface area (Å²) in [6.45, 7) is 9.96. The fourth-order valence-corrected chi connectivity index (χ4v) is 5.42. The molecule has 0 saturated carbocycles. The second-order valence-corrected chi connectivity index (χ2v) is 10.8. The SMILES string of the molecule is CC(C)COc1ccccc1CN1CCC2(CC1)CCN(C(=O)c1ccc(-n3cncn3)cc1)CC2. The largest absolute Gasteiger partial charge is 0.493 e. The van der Waals surface area contributed by atoms with E-state index in [4.69, 9.17) is 4.74 Å². The van der Waals surface area contributed by atoms with Gasteiger partial charge in [-0.2, -0.15) is 5.10 Å². The molecular formula is C29H37N5O2. The number of carbonyl (C=O) groups excluding carboxylic acids is 1. The van der Waals surface area contributed by atoms with Gasteiger partial charge in [0, 0.05) is 30.8 Å². The summed E-state index contributed by atoms with van der Waals surface area (Å²) in [5.74, 6) is 1.67. The molecule has 190 valence electrons. The zero-order chi connectivity index (χ0) is 25.0. The minimum Gasteiger partial charge on any atom is -0.493 e. The lowest BCUT2D eigenvalue weighted by Crippen LogP contribution is -2.48. The van der Waals surface area contributed by atoms with Gasteiger partial charge >= 0.3 is 0 Å². The van der Waals surface area contributed by atoms with Gasteiger partial charge < -0.3 is 9.64 Å². The molecule has 2 fully saturated rings. The Morgan fingerprint density at radius 3 is 2.33 bits per heavy atom. The number of amides is 1. The van der Waals surface area contributed by atoms with Crippen molar-refractivity contribution in [2.45, 2.75) is 46.1 Å². The maximum Gasteiger partial charge on any atom is 0.253 e. The van der Waals surface area contributed by atoms with E-state index in [-0.39, 0.29) is 5.91 Å². The van der Waals surface area contributed by atoms with E-state index < -0.39 is 0 Å². The molecule has 3 aromatic rings. The van der Waals surface area contributed by atoms with Gasteiger partial charge in [-0.05, 0) is 80.4 Å². The number of nitrogens with zero attached hydrogens (tertiary/aromatic N) is 5. The van der Waals surface area contributed by atoms with E-state index in [1.807, 2.05) is 29.2 Å². The summed E-state index contributed by atoms with van der Waals surface area (Å²) in [7, 11) is 0. The van der Waals surface area contributed by atoms with Crippen LogP contribution < -0.4 is 4.74 Å². The van der Waals surface area contributed by atoms with Crippen LogP contribution >= 0.6 is 0 Å². The molecule has 0 atom stereocenters. The molecule has 2 aromatic carbocycles. The Bertz CT molecular complexity index is 1120. The normalized spacial score (nSPS) is 18.0.